The minimum absolute atomic E-state index is 0.135. The van der Waals surface area contributed by atoms with Crippen molar-refractivity contribution in [3.63, 3.8) is 0 Å². The molecule has 0 bridgehead atoms. The Bertz CT molecular complexity index is 322. The van der Waals surface area contributed by atoms with Gasteiger partial charge in [0.05, 0.1) is 6.10 Å². The van der Waals surface area contributed by atoms with Gasteiger partial charge in [-0.05, 0) is 44.5 Å². The number of nitrogens with one attached hydrogen (secondary N) is 1. The van der Waals surface area contributed by atoms with E-state index < -0.39 is 11.6 Å². The van der Waals surface area contributed by atoms with E-state index >= 15 is 0 Å². The Morgan fingerprint density at radius 3 is 2.25 bits per heavy atom. The fourth-order valence-corrected chi connectivity index (χ4v) is 1.45. The van der Waals surface area contributed by atoms with Crippen LogP contribution in [0.1, 0.15) is 31.9 Å². The number of halogens is 2. The van der Waals surface area contributed by atoms with Crippen LogP contribution in [0.3, 0.4) is 0 Å². The minimum Gasteiger partial charge on any atom is -0.393 e. The second-order valence-electron chi connectivity index (χ2n) is 4.02. The van der Waals surface area contributed by atoms with Crippen LogP contribution < -0.4 is 5.32 Å². The van der Waals surface area contributed by atoms with Crippen molar-refractivity contribution in [2.45, 2.75) is 32.4 Å². The van der Waals surface area contributed by atoms with Crippen LogP contribution in [-0.2, 0) is 0 Å². The minimum atomic E-state index is -0.570. The van der Waals surface area contributed by atoms with Crippen LogP contribution in [0.25, 0.3) is 0 Å². The van der Waals surface area contributed by atoms with E-state index in [0.29, 0.717) is 18.5 Å². The molecule has 0 aromatic heterocycles. The molecule has 2 nitrogen and oxygen atoms in total. The van der Waals surface area contributed by atoms with Gasteiger partial charge in [0.1, 0.15) is 11.6 Å². The predicted molar refractivity (Wildman–Crippen MR) is 59.1 cm³/mol. The highest BCUT2D eigenvalue weighted by Crippen LogP contribution is 2.15. The smallest absolute Gasteiger partial charge is 0.126 e. The van der Waals surface area contributed by atoms with E-state index in [4.69, 9.17) is 5.11 Å². The Labute approximate surface area is 94.3 Å². The average Bonchev–Trinajstić information content (AvgIpc) is 2.15. The van der Waals surface area contributed by atoms with Crippen molar-refractivity contribution in [3.05, 3.63) is 35.4 Å². The van der Waals surface area contributed by atoms with E-state index in [-0.39, 0.29) is 12.1 Å². The van der Waals surface area contributed by atoms with E-state index in [1.165, 1.54) is 12.1 Å². The molecule has 0 fully saturated rings. The standard InChI is InChI=1S/C12H17F2NO/c1-8(16)3-4-15-9(2)10-5-11(13)7-12(14)6-10/h5-9,15-16H,3-4H2,1-2H3. The molecule has 16 heavy (non-hydrogen) atoms. The van der Waals surface area contributed by atoms with Crippen LogP contribution in [0.15, 0.2) is 18.2 Å². The van der Waals surface area contributed by atoms with E-state index in [1.54, 1.807) is 6.92 Å². The van der Waals surface area contributed by atoms with Gasteiger partial charge < -0.3 is 10.4 Å². The molecule has 0 saturated carbocycles. The first-order valence-electron chi connectivity index (χ1n) is 5.36. The average molecular weight is 229 g/mol. The molecule has 1 aromatic rings. The SMILES string of the molecule is CC(O)CCNC(C)c1cc(F)cc(F)c1. The molecule has 0 spiro atoms. The Kier molecular flexibility index (Phi) is 4.83. The summed E-state index contributed by atoms with van der Waals surface area (Å²) in [5.41, 5.74) is 0.572. The summed E-state index contributed by atoms with van der Waals surface area (Å²) in [5, 5.41) is 12.2. The molecule has 4 heteroatoms. The normalized spacial score (nSPS) is 14.8. The highest BCUT2D eigenvalue weighted by atomic mass is 19.1. The van der Waals surface area contributed by atoms with Gasteiger partial charge in [-0.15, -0.1) is 0 Å². The second-order valence-corrected chi connectivity index (χ2v) is 4.02. The predicted octanol–water partition coefficient (Wildman–Crippen LogP) is 2.39. The van der Waals surface area contributed by atoms with E-state index in [9.17, 15) is 8.78 Å². The Balaban J connectivity index is 2.55. The van der Waals surface area contributed by atoms with Gasteiger partial charge in [-0.3, -0.25) is 0 Å². The molecule has 2 atom stereocenters. The van der Waals surface area contributed by atoms with Crippen LogP contribution in [-0.4, -0.2) is 17.8 Å². The van der Waals surface area contributed by atoms with E-state index in [2.05, 4.69) is 5.32 Å². The number of benzene rings is 1. The van der Waals surface area contributed by atoms with Crippen LogP contribution in [0.4, 0.5) is 8.78 Å². The molecule has 1 rings (SSSR count). The molecule has 0 amide bonds. The fraction of sp³-hybridized carbons (Fsp3) is 0.500. The number of aliphatic hydroxyl groups is 1. The summed E-state index contributed by atoms with van der Waals surface area (Å²) in [7, 11) is 0. The third-order valence-corrected chi connectivity index (χ3v) is 2.40. The van der Waals surface area contributed by atoms with Gasteiger partial charge in [0.15, 0.2) is 0 Å². The quantitative estimate of drug-likeness (QED) is 0.812. The zero-order chi connectivity index (χ0) is 12.1. The van der Waals surface area contributed by atoms with Crippen molar-refractivity contribution in [1.82, 2.24) is 5.32 Å². The molecular weight excluding hydrogens is 212 g/mol. The first kappa shape index (κ1) is 13.1. The monoisotopic (exact) mass is 229 g/mol. The summed E-state index contributed by atoms with van der Waals surface area (Å²) < 4.78 is 25.9. The van der Waals surface area contributed by atoms with Gasteiger partial charge in [0.2, 0.25) is 0 Å². The Morgan fingerprint density at radius 2 is 1.75 bits per heavy atom. The lowest BCUT2D eigenvalue weighted by Crippen LogP contribution is -2.22. The van der Waals surface area contributed by atoms with Crippen LogP contribution >= 0.6 is 0 Å². The maximum Gasteiger partial charge on any atom is 0.126 e. The van der Waals surface area contributed by atoms with E-state index in [1.807, 2.05) is 6.92 Å². The summed E-state index contributed by atoms with van der Waals surface area (Å²) in [6, 6.07) is 3.34. The molecule has 0 aliphatic carbocycles. The number of hydrogen-bond acceptors (Lipinski definition) is 2. The second kappa shape index (κ2) is 5.92. The van der Waals surface area contributed by atoms with Gasteiger partial charge in [0.25, 0.3) is 0 Å². The van der Waals surface area contributed by atoms with Gasteiger partial charge in [0, 0.05) is 12.1 Å². The third-order valence-electron chi connectivity index (χ3n) is 2.40. The summed E-state index contributed by atoms with van der Waals surface area (Å²) in [5.74, 6) is -1.14. The topological polar surface area (TPSA) is 32.3 Å². The molecular formula is C12H17F2NO. The first-order valence-corrected chi connectivity index (χ1v) is 5.36. The van der Waals surface area contributed by atoms with Crippen molar-refractivity contribution in [2.75, 3.05) is 6.54 Å². The maximum atomic E-state index is 12.9. The van der Waals surface area contributed by atoms with E-state index in [0.717, 1.165) is 6.07 Å². The summed E-state index contributed by atoms with van der Waals surface area (Å²) >= 11 is 0. The summed E-state index contributed by atoms with van der Waals surface area (Å²) in [6.45, 7) is 4.14. The lowest BCUT2D eigenvalue weighted by atomic mass is 10.1. The molecule has 2 N–H and O–H groups in total. The van der Waals surface area contributed by atoms with Crippen molar-refractivity contribution in [3.8, 4) is 0 Å². The first-order chi connectivity index (χ1) is 7.49. The molecule has 2 unspecified atom stereocenters. The lowest BCUT2D eigenvalue weighted by molar-refractivity contribution is 0.182. The van der Waals surface area contributed by atoms with Gasteiger partial charge in [-0.2, -0.15) is 0 Å². The molecule has 0 aliphatic heterocycles. The van der Waals surface area contributed by atoms with Crippen LogP contribution in [0.5, 0.6) is 0 Å². The fourth-order valence-electron chi connectivity index (χ4n) is 1.45. The molecule has 90 valence electrons. The lowest BCUT2D eigenvalue weighted by Gasteiger charge is -2.15. The van der Waals surface area contributed by atoms with Crippen molar-refractivity contribution < 1.29 is 13.9 Å². The highest BCUT2D eigenvalue weighted by molar-refractivity contribution is 5.20. The largest absolute Gasteiger partial charge is 0.393 e. The zero-order valence-electron chi connectivity index (χ0n) is 9.50. The van der Waals surface area contributed by atoms with Crippen LogP contribution in [0, 0.1) is 11.6 Å². The molecule has 0 aliphatic rings. The van der Waals surface area contributed by atoms with Crippen molar-refractivity contribution in [1.29, 1.82) is 0 Å². The summed E-state index contributed by atoms with van der Waals surface area (Å²) in [4.78, 5) is 0. The summed E-state index contributed by atoms with van der Waals surface area (Å²) in [6.07, 6.45) is 0.242. The third kappa shape index (κ3) is 4.24. The Hall–Kier alpha value is -1.00. The maximum absolute atomic E-state index is 12.9. The number of hydrogen-bond donors (Lipinski definition) is 2. The Morgan fingerprint density at radius 1 is 1.19 bits per heavy atom. The highest BCUT2D eigenvalue weighted by Gasteiger charge is 2.08. The number of aliphatic hydroxyl groups excluding tert-OH is 1. The van der Waals surface area contributed by atoms with Gasteiger partial charge in [-0.25, -0.2) is 8.78 Å². The van der Waals surface area contributed by atoms with Gasteiger partial charge >= 0.3 is 0 Å². The zero-order valence-corrected chi connectivity index (χ0v) is 9.50. The van der Waals surface area contributed by atoms with Crippen molar-refractivity contribution >= 4 is 0 Å². The number of rotatable bonds is 5. The molecule has 1 aromatic carbocycles. The van der Waals surface area contributed by atoms with Gasteiger partial charge in [-0.1, -0.05) is 0 Å². The molecule has 0 heterocycles. The molecule has 0 radical (unpaired) electrons. The molecule has 0 saturated heterocycles. The van der Waals surface area contributed by atoms with Crippen LogP contribution in [0.2, 0.25) is 0 Å². The van der Waals surface area contributed by atoms with Crippen molar-refractivity contribution in [2.24, 2.45) is 0 Å².